The van der Waals surface area contributed by atoms with Crippen molar-refractivity contribution in [2.75, 3.05) is 13.2 Å². The van der Waals surface area contributed by atoms with E-state index in [2.05, 4.69) is 5.32 Å². The number of carbonyl (C=O) groups excluding carboxylic acids is 2. The number of carbonyl (C=O) groups is 2. The number of allylic oxidation sites excluding steroid dienone is 3. The third-order valence-corrected chi connectivity index (χ3v) is 6.88. The lowest BCUT2D eigenvalue weighted by atomic mass is 9.75. The zero-order chi connectivity index (χ0) is 24.2. The molecular formula is C29H31NO5. The van der Waals surface area contributed by atoms with Crippen molar-refractivity contribution in [2.45, 2.75) is 57.7 Å². The van der Waals surface area contributed by atoms with Gasteiger partial charge < -0.3 is 19.5 Å². The van der Waals surface area contributed by atoms with Crippen molar-refractivity contribution in [3.05, 3.63) is 88.3 Å². The second-order valence-electron chi connectivity index (χ2n) is 9.34. The Hall–Kier alpha value is -3.38. The number of rotatable bonds is 7. The summed E-state index contributed by atoms with van der Waals surface area (Å²) in [7, 11) is 0. The molecule has 2 atom stereocenters. The maximum absolute atomic E-state index is 13.3. The van der Waals surface area contributed by atoms with Gasteiger partial charge in [-0.15, -0.1) is 0 Å². The van der Waals surface area contributed by atoms with Crippen LogP contribution in [-0.4, -0.2) is 31.1 Å². The normalized spacial score (nSPS) is 22.0. The van der Waals surface area contributed by atoms with Gasteiger partial charge in [0.15, 0.2) is 5.78 Å². The average Bonchev–Trinajstić information content (AvgIpc) is 3.40. The molecule has 2 aliphatic heterocycles. The Bertz CT molecular complexity index is 1140. The van der Waals surface area contributed by atoms with Gasteiger partial charge in [0.25, 0.3) is 0 Å². The first-order chi connectivity index (χ1) is 17.1. The van der Waals surface area contributed by atoms with Crippen LogP contribution in [0.2, 0.25) is 0 Å². The minimum atomic E-state index is -0.459. The van der Waals surface area contributed by atoms with E-state index in [0.29, 0.717) is 30.8 Å². The van der Waals surface area contributed by atoms with Gasteiger partial charge >= 0.3 is 5.97 Å². The van der Waals surface area contributed by atoms with Crippen molar-refractivity contribution in [3.8, 4) is 5.75 Å². The third kappa shape index (κ3) is 5.17. The number of benzene rings is 2. The summed E-state index contributed by atoms with van der Waals surface area (Å²) in [6.07, 6.45) is 3.93. The summed E-state index contributed by atoms with van der Waals surface area (Å²) in [5, 5.41) is 3.34. The Kier molecular flexibility index (Phi) is 7.00. The van der Waals surface area contributed by atoms with Crippen LogP contribution in [0, 0.1) is 0 Å². The first kappa shape index (κ1) is 23.4. The van der Waals surface area contributed by atoms with Crippen LogP contribution >= 0.6 is 0 Å². The predicted octanol–water partition coefficient (Wildman–Crippen LogP) is 4.96. The van der Waals surface area contributed by atoms with Crippen LogP contribution in [0.5, 0.6) is 5.75 Å². The minimum Gasteiger partial charge on any atom is -0.489 e. The van der Waals surface area contributed by atoms with E-state index in [1.165, 1.54) is 0 Å². The van der Waals surface area contributed by atoms with E-state index in [9.17, 15) is 9.59 Å². The quantitative estimate of drug-likeness (QED) is 0.574. The van der Waals surface area contributed by atoms with Crippen LogP contribution in [0.3, 0.4) is 0 Å². The SMILES string of the molecule is CC1=C(C(=O)OC[C@@H]2CCCO2)[C@H](c2ccc(OCc3ccccc3)cc2)C2=C(CCCC2=O)N1. The molecule has 0 unspecified atom stereocenters. The lowest BCUT2D eigenvalue weighted by Gasteiger charge is -2.34. The Balaban J connectivity index is 1.40. The molecular weight excluding hydrogens is 442 g/mol. The van der Waals surface area contributed by atoms with Crippen molar-refractivity contribution in [2.24, 2.45) is 0 Å². The standard InChI is InChI=1S/C29H31NO5/c1-19-26(29(32)35-18-23-9-6-16-33-23)27(28-24(30-19)10-5-11-25(28)31)21-12-14-22(15-13-21)34-17-20-7-3-2-4-8-20/h2-4,7-8,12-15,23,27,30H,5-6,9-11,16-18H2,1H3/t23-,27-/m0/s1. The third-order valence-electron chi connectivity index (χ3n) is 6.88. The number of ketones is 1. The summed E-state index contributed by atoms with van der Waals surface area (Å²) < 4.78 is 17.3. The number of hydrogen-bond donors (Lipinski definition) is 1. The minimum absolute atomic E-state index is 0.0537. The van der Waals surface area contributed by atoms with Crippen LogP contribution in [0.15, 0.2) is 77.1 Å². The van der Waals surface area contributed by atoms with Crippen molar-refractivity contribution >= 4 is 11.8 Å². The molecule has 5 rings (SSSR count). The molecule has 0 saturated carbocycles. The largest absolute Gasteiger partial charge is 0.489 e. The lowest BCUT2D eigenvalue weighted by Crippen LogP contribution is -2.35. The van der Waals surface area contributed by atoms with E-state index in [4.69, 9.17) is 14.2 Å². The number of dihydropyridines is 1. The molecule has 0 aromatic heterocycles. The van der Waals surface area contributed by atoms with E-state index in [-0.39, 0.29) is 18.5 Å². The van der Waals surface area contributed by atoms with Gasteiger partial charge in [-0.2, -0.15) is 0 Å². The molecule has 35 heavy (non-hydrogen) atoms. The highest BCUT2D eigenvalue weighted by atomic mass is 16.6. The maximum Gasteiger partial charge on any atom is 0.336 e. The smallest absolute Gasteiger partial charge is 0.336 e. The highest BCUT2D eigenvalue weighted by molar-refractivity contribution is 6.03. The van der Waals surface area contributed by atoms with Gasteiger partial charge in [-0.1, -0.05) is 42.5 Å². The van der Waals surface area contributed by atoms with Gasteiger partial charge in [-0.25, -0.2) is 4.79 Å². The summed E-state index contributed by atoms with van der Waals surface area (Å²) in [6.45, 7) is 3.29. The van der Waals surface area contributed by atoms with Crippen molar-refractivity contribution in [3.63, 3.8) is 0 Å². The van der Waals surface area contributed by atoms with Gasteiger partial charge in [0, 0.05) is 35.9 Å². The summed E-state index contributed by atoms with van der Waals surface area (Å²) in [6, 6.07) is 17.7. The molecule has 0 amide bonds. The molecule has 0 bridgehead atoms. The van der Waals surface area contributed by atoms with E-state index < -0.39 is 11.9 Å². The molecule has 3 aliphatic rings. The van der Waals surface area contributed by atoms with E-state index in [1.807, 2.05) is 61.5 Å². The average molecular weight is 474 g/mol. The van der Waals surface area contributed by atoms with Gasteiger partial charge in [0.2, 0.25) is 0 Å². The fraction of sp³-hybridized carbons (Fsp3) is 0.379. The van der Waals surface area contributed by atoms with Crippen LogP contribution in [0.4, 0.5) is 0 Å². The number of nitrogens with one attached hydrogen (secondary N) is 1. The Morgan fingerprint density at radius 2 is 1.86 bits per heavy atom. The highest BCUT2D eigenvalue weighted by Gasteiger charge is 2.39. The van der Waals surface area contributed by atoms with Gasteiger partial charge in [0.1, 0.15) is 19.0 Å². The first-order valence-corrected chi connectivity index (χ1v) is 12.4. The van der Waals surface area contributed by atoms with Crippen LogP contribution in [0.1, 0.15) is 56.1 Å². The van der Waals surface area contributed by atoms with Crippen molar-refractivity contribution in [1.29, 1.82) is 0 Å². The molecule has 6 nitrogen and oxygen atoms in total. The number of Topliss-reactive ketones (excluding diaryl/α,β-unsaturated/α-hetero) is 1. The van der Waals surface area contributed by atoms with Crippen LogP contribution in [0.25, 0.3) is 0 Å². The molecule has 2 heterocycles. The second kappa shape index (κ2) is 10.5. The molecule has 1 saturated heterocycles. The molecule has 1 fully saturated rings. The summed E-state index contributed by atoms with van der Waals surface area (Å²) in [4.78, 5) is 26.4. The van der Waals surface area contributed by atoms with E-state index in [0.717, 1.165) is 54.0 Å². The number of esters is 1. The number of ether oxygens (including phenoxy) is 3. The molecule has 1 aliphatic carbocycles. The topological polar surface area (TPSA) is 73.9 Å². The van der Waals surface area contributed by atoms with Gasteiger partial charge in [-0.3, -0.25) is 4.79 Å². The zero-order valence-corrected chi connectivity index (χ0v) is 20.0. The molecule has 1 N–H and O–H groups in total. The van der Waals surface area contributed by atoms with Crippen LogP contribution in [-0.2, 0) is 25.7 Å². The molecule has 2 aromatic carbocycles. The highest BCUT2D eigenvalue weighted by Crippen LogP contribution is 2.42. The van der Waals surface area contributed by atoms with E-state index >= 15 is 0 Å². The maximum atomic E-state index is 13.3. The van der Waals surface area contributed by atoms with Crippen molar-refractivity contribution in [1.82, 2.24) is 5.32 Å². The lowest BCUT2D eigenvalue weighted by molar-refractivity contribution is -0.142. The molecule has 2 aromatic rings. The summed E-state index contributed by atoms with van der Waals surface area (Å²) in [5.74, 6) is -0.0342. The fourth-order valence-electron chi connectivity index (χ4n) is 5.11. The summed E-state index contributed by atoms with van der Waals surface area (Å²) in [5.41, 5.74) is 4.81. The van der Waals surface area contributed by atoms with Gasteiger partial charge in [-0.05, 0) is 55.9 Å². The molecule has 0 radical (unpaired) electrons. The zero-order valence-electron chi connectivity index (χ0n) is 20.0. The monoisotopic (exact) mass is 473 g/mol. The Morgan fingerprint density at radius 3 is 2.60 bits per heavy atom. The fourth-order valence-corrected chi connectivity index (χ4v) is 5.11. The first-order valence-electron chi connectivity index (χ1n) is 12.4. The Labute approximate surface area is 206 Å². The second-order valence-corrected chi connectivity index (χ2v) is 9.34. The number of hydrogen-bond acceptors (Lipinski definition) is 6. The summed E-state index contributed by atoms with van der Waals surface area (Å²) >= 11 is 0. The Morgan fingerprint density at radius 1 is 1.06 bits per heavy atom. The predicted molar refractivity (Wildman–Crippen MR) is 132 cm³/mol. The molecule has 6 heteroatoms. The molecule has 0 spiro atoms. The molecule has 182 valence electrons. The van der Waals surface area contributed by atoms with Crippen molar-refractivity contribution < 1.29 is 23.8 Å². The van der Waals surface area contributed by atoms with Gasteiger partial charge in [0.05, 0.1) is 11.7 Å². The van der Waals surface area contributed by atoms with Crippen LogP contribution < -0.4 is 10.1 Å². The van der Waals surface area contributed by atoms with E-state index in [1.54, 1.807) is 0 Å².